The molecule has 1 aromatic carbocycles. The van der Waals surface area contributed by atoms with Crippen LogP contribution in [0.3, 0.4) is 0 Å². The Balaban J connectivity index is 1.45. The second-order valence-electron chi connectivity index (χ2n) is 7.82. The molecule has 4 rings (SSSR count). The number of furan rings is 1. The van der Waals surface area contributed by atoms with E-state index in [-0.39, 0.29) is 23.2 Å². The molecule has 0 saturated heterocycles. The zero-order valence-electron chi connectivity index (χ0n) is 18.5. The molecule has 2 N–H and O–H groups in total. The number of carbonyl (C=O) groups is 1. The second-order valence-corrected chi connectivity index (χ2v) is 9.58. The minimum atomic E-state index is -3.76. The fraction of sp³-hybridized carbons (Fsp3) is 0.217. The van der Waals surface area contributed by atoms with Crippen LogP contribution in [0.4, 0.5) is 0 Å². The van der Waals surface area contributed by atoms with Gasteiger partial charge in [0.2, 0.25) is 21.7 Å². The normalized spacial score (nSPS) is 12.6. The van der Waals surface area contributed by atoms with Gasteiger partial charge in [0.1, 0.15) is 11.8 Å². The molecule has 1 atom stereocenters. The van der Waals surface area contributed by atoms with Gasteiger partial charge in [0.05, 0.1) is 17.7 Å². The van der Waals surface area contributed by atoms with Crippen LogP contribution in [0.25, 0.3) is 11.4 Å². The lowest BCUT2D eigenvalue weighted by molar-refractivity contribution is 0.0914. The number of amides is 1. The maximum atomic E-state index is 12.9. The molecule has 0 aliphatic rings. The molecule has 0 aliphatic carbocycles. The molecule has 10 nitrogen and oxygen atoms in total. The predicted octanol–water partition coefficient (Wildman–Crippen LogP) is 3.33. The highest BCUT2D eigenvalue weighted by Crippen LogP contribution is 2.24. The first kappa shape index (κ1) is 23.3. The molecular weight excluding hydrogens is 458 g/mol. The second kappa shape index (κ2) is 9.98. The summed E-state index contributed by atoms with van der Waals surface area (Å²) in [6.45, 7) is 3.86. The lowest BCUT2D eigenvalue weighted by atomic mass is 10.0. The predicted molar refractivity (Wildman–Crippen MR) is 122 cm³/mol. The fourth-order valence-corrected chi connectivity index (χ4v) is 4.16. The van der Waals surface area contributed by atoms with Crippen molar-refractivity contribution in [3.05, 3.63) is 84.4 Å². The van der Waals surface area contributed by atoms with Crippen LogP contribution in [-0.4, -0.2) is 29.4 Å². The van der Waals surface area contributed by atoms with Gasteiger partial charge in [-0.25, -0.2) is 13.1 Å². The maximum absolute atomic E-state index is 12.9. The summed E-state index contributed by atoms with van der Waals surface area (Å²) in [6.07, 6.45) is 4.72. The summed E-state index contributed by atoms with van der Waals surface area (Å²) in [7, 11) is -3.76. The highest BCUT2D eigenvalue weighted by atomic mass is 32.2. The van der Waals surface area contributed by atoms with E-state index in [9.17, 15) is 13.2 Å². The highest BCUT2D eigenvalue weighted by Gasteiger charge is 2.26. The number of hydrogen-bond acceptors (Lipinski definition) is 8. The summed E-state index contributed by atoms with van der Waals surface area (Å²) >= 11 is 0. The molecule has 0 spiro atoms. The average Bonchev–Trinajstić information content (AvgIpc) is 3.54. The van der Waals surface area contributed by atoms with Crippen molar-refractivity contribution in [3.63, 3.8) is 0 Å². The zero-order chi connectivity index (χ0) is 24.1. The van der Waals surface area contributed by atoms with E-state index >= 15 is 0 Å². The summed E-state index contributed by atoms with van der Waals surface area (Å²) in [4.78, 5) is 21.3. The highest BCUT2D eigenvalue weighted by molar-refractivity contribution is 7.89. The van der Waals surface area contributed by atoms with Crippen molar-refractivity contribution in [1.29, 1.82) is 0 Å². The summed E-state index contributed by atoms with van der Waals surface area (Å²) in [5.74, 6) is 0.729. The molecule has 1 unspecified atom stereocenters. The third-order valence-corrected chi connectivity index (χ3v) is 6.46. The molecule has 0 saturated carbocycles. The Kier molecular flexibility index (Phi) is 6.85. The molecule has 0 radical (unpaired) electrons. The van der Waals surface area contributed by atoms with Gasteiger partial charge in [-0.1, -0.05) is 19.0 Å². The van der Waals surface area contributed by atoms with E-state index in [4.69, 9.17) is 8.94 Å². The van der Waals surface area contributed by atoms with Crippen molar-refractivity contribution in [2.24, 2.45) is 5.92 Å². The smallest absolute Gasteiger partial charge is 0.251 e. The zero-order valence-corrected chi connectivity index (χ0v) is 19.3. The van der Waals surface area contributed by atoms with Crippen molar-refractivity contribution in [1.82, 2.24) is 25.2 Å². The van der Waals surface area contributed by atoms with Crippen molar-refractivity contribution in [3.8, 4) is 11.4 Å². The minimum absolute atomic E-state index is 0.0271. The van der Waals surface area contributed by atoms with Crippen LogP contribution in [0.1, 0.15) is 41.9 Å². The molecule has 0 fully saturated rings. The molecule has 34 heavy (non-hydrogen) atoms. The number of carbonyl (C=O) groups excluding carboxylic acids is 1. The average molecular weight is 482 g/mol. The van der Waals surface area contributed by atoms with E-state index in [0.29, 0.717) is 17.1 Å². The molecule has 0 bridgehead atoms. The van der Waals surface area contributed by atoms with Crippen molar-refractivity contribution >= 4 is 15.9 Å². The Morgan fingerprint density at radius 1 is 1.06 bits per heavy atom. The quantitative estimate of drug-likeness (QED) is 0.371. The van der Waals surface area contributed by atoms with E-state index in [1.807, 2.05) is 13.8 Å². The maximum Gasteiger partial charge on any atom is 0.251 e. The van der Waals surface area contributed by atoms with Crippen LogP contribution in [0, 0.1) is 5.92 Å². The summed E-state index contributed by atoms with van der Waals surface area (Å²) in [6, 6.07) is 12.0. The van der Waals surface area contributed by atoms with Gasteiger partial charge in [0, 0.05) is 23.5 Å². The third kappa shape index (κ3) is 5.38. The van der Waals surface area contributed by atoms with Gasteiger partial charge >= 0.3 is 0 Å². The topological polar surface area (TPSA) is 140 Å². The van der Waals surface area contributed by atoms with Crippen molar-refractivity contribution in [2.45, 2.75) is 31.3 Å². The van der Waals surface area contributed by atoms with Gasteiger partial charge in [-0.15, -0.1) is 0 Å². The first-order valence-electron chi connectivity index (χ1n) is 10.5. The minimum Gasteiger partial charge on any atom is -0.468 e. The Hall–Kier alpha value is -3.83. The van der Waals surface area contributed by atoms with E-state index in [0.717, 1.165) is 5.56 Å². The number of nitrogens with one attached hydrogen (secondary N) is 2. The van der Waals surface area contributed by atoms with Crippen LogP contribution < -0.4 is 10.0 Å². The van der Waals surface area contributed by atoms with Gasteiger partial charge in [-0.05, 0) is 54.4 Å². The number of aromatic nitrogens is 3. The van der Waals surface area contributed by atoms with Crippen LogP contribution in [0.2, 0.25) is 0 Å². The number of nitrogens with zero attached hydrogens (tertiary/aromatic N) is 3. The first-order valence-corrected chi connectivity index (χ1v) is 12.0. The van der Waals surface area contributed by atoms with Crippen LogP contribution in [0.15, 0.2) is 81.0 Å². The van der Waals surface area contributed by atoms with Gasteiger partial charge in [0.25, 0.3) is 5.91 Å². The summed E-state index contributed by atoms with van der Waals surface area (Å²) in [5, 5.41) is 6.89. The third-order valence-electron chi connectivity index (χ3n) is 5.04. The van der Waals surface area contributed by atoms with Gasteiger partial charge < -0.3 is 14.3 Å². The molecule has 3 aromatic heterocycles. The Morgan fingerprint density at radius 3 is 2.44 bits per heavy atom. The molecule has 11 heteroatoms. The number of benzene rings is 1. The summed E-state index contributed by atoms with van der Waals surface area (Å²) in [5.41, 5.74) is 1.04. The molecule has 176 valence electrons. The number of rotatable bonds is 9. The number of sulfonamides is 1. The van der Waals surface area contributed by atoms with Crippen molar-refractivity contribution < 1.29 is 22.2 Å². The van der Waals surface area contributed by atoms with E-state index in [1.165, 1.54) is 30.5 Å². The molecule has 4 aromatic rings. The van der Waals surface area contributed by atoms with E-state index < -0.39 is 22.0 Å². The van der Waals surface area contributed by atoms with Crippen LogP contribution >= 0.6 is 0 Å². The SMILES string of the molecule is CC(C)C(NC(=O)c1ccc(S(=O)(=O)NCc2ccco2)cc1)c1nc(-c2ccncc2)no1. The van der Waals surface area contributed by atoms with E-state index in [1.54, 1.807) is 36.7 Å². The van der Waals surface area contributed by atoms with Crippen LogP contribution in [-0.2, 0) is 16.6 Å². The van der Waals surface area contributed by atoms with Gasteiger partial charge in [-0.2, -0.15) is 4.98 Å². The lowest BCUT2D eigenvalue weighted by Crippen LogP contribution is -2.32. The standard InChI is InChI=1S/C23H23N5O5S/c1-15(2)20(23-27-21(28-33-23)16-9-11-24-12-10-16)26-22(29)17-5-7-19(8-6-17)34(30,31)25-14-18-4-3-13-32-18/h3-13,15,20,25H,14H2,1-2H3,(H,26,29). The fourth-order valence-electron chi connectivity index (χ4n) is 3.17. The largest absolute Gasteiger partial charge is 0.468 e. The summed E-state index contributed by atoms with van der Waals surface area (Å²) < 4.78 is 38.0. The number of hydrogen-bond donors (Lipinski definition) is 2. The molecule has 0 aliphatic heterocycles. The Bertz CT molecular complexity index is 1330. The Labute approximate surface area is 196 Å². The molecular formula is C23H23N5O5S. The van der Waals surface area contributed by atoms with E-state index in [2.05, 4.69) is 25.2 Å². The first-order chi connectivity index (χ1) is 16.3. The molecule has 1 amide bonds. The van der Waals surface area contributed by atoms with Gasteiger partial charge in [0.15, 0.2) is 0 Å². The molecule has 3 heterocycles. The monoisotopic (exact) mass is 481 g/mol. The Morgan fingerprint density at radius 2 is 1.79 bits per heavy atom. The number of pyridine rings is 1. The lowest BCUT2D eigenvalue weighted by Gasteiger charge is -2.18. The van der Waals surface area contributed by atoms with Gasteiger partial charge in [-0.3, -0.25) is 9.78 Å². The van der Waals surface area contributed by atoms with Crippen LogP contribution in [0.5, 0.6) is 0 Å². The van der Waals surface area contributed by atoms with Crippen molar-refractivity contribution in [2.75, 3.05) is 0 Å².